The standard InChI is InChI=1S/C8H10O.C4H8O.B/c9-7-6-8-4-2-1-3-5-8;1-2-4-5-3-1;/h1-5,9H,6-7H2;1-4H2;. The molecule has 0 atom stereocenters. The second-order valence-corrected chi connectivity index (χ2v) is 3.28. The molecule has 1 aliphatic heterocycles. The van der Waals surface area contributed by atoms with E-state index in [2.05, 4.69) is 0 Å². The molecule has 0 bridgehead atoms. The Hall–Kier alpha value is -0.795. The molecular formula is C12H18BO2. The van der Waals surface area contributed by atoms with Crippen LogP contribution in [0.25, 0.3) is 0 Å². The Kier molecular flexibility index (Phi) is 9.23. The molecule has 1 saturated heterocycles. The number of ether oxygens (including phenoxy) is 1. The minimum Gasteiger partial charge on any atom is -0.396 e. The molecule has 1 N–H and O–H groups in total. The summed E-state index contributed by atoms with van der Waals surface area (Å²) in [7, 11) is 0. The van der Waals surface area contributed by atoms with Crippen LogP contribution in [0, 0.1) is 0 Å². The average Bonchev–Trinajstić information content (AvgIpc) is 2.78. The van der Waals surface area contributed by atoms with Gasteiger partial charge in [-0.15, -0.1) is 0 Å². The molecule has 0 aliphatic carbocycles. The fraction of sp³-hybridized carbons (Fsp3) is 0.500. The number of hydrogen-bond acceptors (Lipinski definition) is 2. The van der Waals surface area contributed by atoms with Crippen molar-refractivity contribution in [1.29, 1.82) is 0 Å². The van der Waals surface area contributed by atoms with E-state index in [1.807, 2.05) is 30.3 Å². The van der Waals surface area contributed by atoms with E-state index in [9.17, 15) is 0 Å². The first-order valence-corrected chi connectivity index (χ1v) is 5.16. The zero-order valence-electron chi connectivity index (χ0n) is 9.06. The zero-order chi connectivity index (χ0) is 10.1. The zero-order valence-corrected chi connectivity index (χ0v) is 9.06. The van der Waals surface area contributed by atoms with Crippen LogP contribution in [-0.4, -0.2) is 33.3 Å². The van der Waals surface area contributed by atoms with Crippen LogP contribution < -0.4 is 0 Å². The molecule has 0 saturated carbocycles. The number of aliphatic hydroxyl groups is 1. The fourth-order valence-corrected chi connectivity index (χ4v) is 1.28. The van der Waals surface area contributed by atoms with Crippen molar-refractivity contribution >= 4 is 8.41 Å². The summed E-state index contributed by atoms with van der Waals surface area (Å²) in [6, 6.07) is 9.95. The normalized spacial score (nSPS) is 13.7. The quantitative estimate of drug-likeness (QED) is 0.743. The smallest absolute Gasteiger partial charge is 0.0471 e. The van der Waals surface area contributed by atoms with E-state index < -0.39 is 0 Å². The van der Waals surface area contributed by atoms with E-state index in [1.165, 1.54) is 18.4 Å². The van der Waals surface area contributed by atoms with E-state index in [1.54, 1.807) is 0 Å². The van der Waals surface area contributed by atoms with Gasteiger partial charge >= 0.3 is 0 Å². The summed E-state index contributed by atoms with van der Waals surface area (Å²) in [5, 5.41) is 8.52. The Balaban J connectivity index is 0.000000280. The summed E-state index contributed by atoms with van der Waals surface area (Å²) >= 11 is 0. The SMILES string of the molecule is C1CCOC1.OCCc1ccccc1.[B]. The van der Waals surface area contributed by atoms with Crippen molar-refractivity contribution in [2.75, 3.05) is 19.8 Å². The summed E-state index contributed by atoms with van der Waals surface area (Å²) in [6.07, 6.45) is 3.32. The summed E-state index contributed by atoms with van der Waals surface area (Å²) in [6.45, 7) is 2.24. The predicted molar refractivity (Wildman–Crippen MR) is 63.0 cm³/mol. The van der Waals surface area contributed by atoms with Gasteiger partial charge in [0.25, 0.3) is 0 Å². The highest BCUT2D eigenvalue weighted by atomic mass is 16.5. The van der Waals surface area contributed by atoms with Gasteiger partial charge in [-0.1, -0.05) is 30.3 Å². The predicted octanol–water partition coefficient (Wildman–Crippen LogP) is 1.64. The van der Waals surface area contributed by atoms with Crippen LogP contribution in [-0.2, 0) is 11.2 Å². The molecule has 0 aromatic heterocycles. The highest BCUT2D eigenvalue weighted by Crippen LogP contribution is 1.98. The van der Waals surface area contributed by atoms with Crippen LogP contribution in [0.5, 0.6) is 0 Å². The maximum absolute atomic E-state index is 8.52. The molecule has 3 heteroatoms. The van der Waals surface area contributed by atoms with Gasteiger partial charge in [-0.05, 0) is 24.8 Å². The number of aliphatic hydroxyl groups excluding tert-OH is 1. The highest BCUT2D eigenvalue weighted by Gasteiger charge is 1.94. The topological polar surface area (TPSA) is 29.5 Å². The summed E-state index contributed by atoms with van der Waals surface area (Å²) in [5.74, 6) is 0. The van der Waals surface area contributed by atoms with Gasteiger partial charge in [0.15, 0.2) is 0 Å². The Morgan fingerprint density at radius 1 is 1.07 bits per heavy atom. The first kappa shape index (κ1) is 14.2. The van der Waals surface area contributed by atoms with Gasteiger partial charge in [-0.3, -0.25) is 0 Å². The first-order chi connectivity index (χ1) is 6.93. The summed E-state index contributed by atoms with van der Waals surface area (Å²) < 4.78 is 4.94. The molecule has 0 spiro atoms. The van der Waals surface area contributed by atoms with Crippen LogP contribution in [0.1, 0.15) is 18.4 Å². The van der Waals surface area contributed by atoms with Crippen molar-refractivity contribution in [2.24, 2.45) is 0 Å². The third-order valence-electron chi connectivity index (χ3n) is 2.07. The Labute approximate surface area is 93.9 Å². The molecule has 1 fully saturated rings. The molecule has 1 aliphatic rings. The molecule has 0 amide bonds. The second-order valence-electron chi connectivity index (χ2n) is 3.28. The van der Waals surface area contributed by atoms with Crippen molar-refractivity contribution < 1.29 is 9.84 Å². The summed E-state index contributed by atoms with van der Waals surface area (Å²) in [5.41, 5.74) is 1.19. The van der Waals surface area contributed by atoms with Crippen molar-refractivity contribution in [2.45, 2.75) is 19.3 Å². The van der Waals surface area contributed by atoms with Gasteiger partial charge in [0.05, 0.1) is 0 Å². The van der Waals surface area contributed by atoms with E-state index in [-0.39, 0.29) is 15.0 Å². The molecule has 2 nitrogen and oxygen atoms in total. The Morgan fingerprint density at radius 3 is 2.07 bits per heavy atom. The number of rotatable bonds is 2. The van der Waals surface area contributed by atoms with Gasteiger partial charge in [-0.2, -0.15) is 0 Å². The van der Waals surface area contributed by atoms with Gasteiger partial charge in [0.2, 0.25) is 0 Å². The third kappa shape index (κ3) is 7.17. The lowest BCUT2D eigenvalue weighted by Crippen LogP contribution is -1.88. The van der Waals surface area contributed by atoms with E-state index in [0.29, 0.717) is 0 Å². The first-order valence-electron chi connectivity index (χ1n) is 5.16. The Bertz CT molecular complexity index is 215. The van der Waals surface area contributed by atoms with Gasteiger partial charge < -0.3 is 9.84 Å². The third-order valence-corrected chi connectivity index (χ3v) is 2.07. The molecular weight excluding hydrogens is 187 g/mol. The highest BCUT2D eigenvalue weighted by molar-refractivity contribution is 5.75. The number of benzene rings is 1. The lowest BCUT2D eigenvalue weighted by Gasteiger charge is -1.93. The van der Waals surface area contributed by atoms with Gasteiger partial charge in [0.1, 0.15) is 0 Å². The fourth-order valence-electron chi connectivity index (χ4n) is 1.28. The molecule has 1 heterocycles. The molecule has 2 rings (SSSR count). The largest absolute Gasteiger partial charge is 0.396 e. The van der Waals surface area contributed by atoms with Crippen molar-refractivity contribution in [1.82, 2.24) is 0 Å². The minimum atomic E-state index is 0. The minimum absolute atomic E-state index is 0. The van der Waals surface area contributed by atoms with Crippen LogP contribution >= 0.6 is 0 Å². The molecule has 0 unspecified atom stereocenters. The molecule has 15 heavy (non-hydrogen) atoms. The average molecular weight is 205 g/mol. The van der Waals surface area contributed by atoms with Crippen LogP contribution in [0.2, 0.25) is 0 Å². The second kappa shape index (κ2) is 9.75. The van der Waals surface area contributed by atoms with E-state index in [0.717, 1.165) is 19.6 Å². The van der Waals surface area contributed by atoms with E-state index >= 15 is 0 Å². The lowest BCUT2D eigenvalue weighted by molar-refractivity contribution is 0.198. The maximum atomic E-state index is 8.52. The summed E-state index contributed by atoms with van der Waals surface area (Å²) in [4.78, 5) is 0. The monoisotopic (exact) mass is 205 g/mol. The maximum Gasteiger partial charge on any atom is 0.0471 e. The Morgan fingerprint density at radius 2 is 1.67 bits per heavy atom. The number of hydrogen-bond donors (Lipinski definition) is 1. The van der Waals surface area contributed by atoms with Gasteiger partial charge in [0, 0.05) is 28.2 Å². The lowest BCUT2D eigenvalue weighted by atomic mass is 10.2. The van der Waals surface area contributed by atoms with Gasteiger partial charge in [-0.25, -0.2) is 0 Å². The van der Waals surface area contributed by atoms with Crippen LogP contribution in [0.3, 0.4) is 0 Å². The van der Waals surface area contributed by atoms with Crippen molar-refractivity contribution in [3.8, 4) is 0 Å². The van der Waals surface area contributed by atoms with Crippen LogP contribution in [0.4, 0.5) is 0 Å². The molecule has 1 aromatic carbocycles. The van der Waals surface area contributed by atoms with Crippen molar-refractivity contribution in [3.05, 3.63) is 35.9 Å². The molecule has 81 valence electrons. The van der Waals surface area contributed by atoms with E-state index in [4.69, 9.17) is 9.84 Å². The van der Waals surface area contributed by atoms with Crippen LogP contribution in [0.15, 0.2) is 30.3 Å². The molecule has 1 aromatic rings. The van der Waals surface area contributed by atoms with Crippen molar-refractivity contribution in [3.63, 3.8) is 0 Å². The molecule has 3 radical (unpaired) electrons.